The van der Waals surface area contributed by atoms with E-state index in [0.29, 0.717) is 5.92 Å². The van der Waals surface area contributed by atoms with Gasteiger partial charge in [-0.2, -0.15) is 0 Å². The quantitative estimate of drug-likeness (QED) is 0.180. The number of hydrogen-bond acceptors (Lipinski definition) is 4. The summed E-state index contributed by atoms with van der Waals surface area (Å²) in [6.07, 6.45) is 8.23. The van der Waals surface area contributed by atoms with Crippen LogP contribution in [-0.4, -0.2) is 9.97 Å². The first-order chi connectivity index (χ1) is 24.8. The lowest BCUT2D eigenvalue weighted by Crippen LogP contribution is -2.04. The topological polar surface area (TPSA) is 52.1 Å². The van der Waals surface area contributed by atoms with Gasteiger partial charge >= 0.3 is 0 Å². The molecule has 0 bridgehead atoms. The first-order valence-electron chi connectivity index (χ1n) is 17.8. The summed E-state index contributed by atoms with van der Waals surface area (Å²) in [4.78, 5) is 10.4. The molecule has 50 heavy (non-hydrogen) atoms. The van der Waals surface area contributed by atoms with E-state index in [0.717, 1.165) is 82.7 Å². The number of fused-ring (bicyclic) bond motifs is 12. The molecule has 0 N–H and O–H groups in total. The van der Waals surface area contributed by atoms with Crippen LogP contribution >= 0.6 is 0 Å². The van der Waals surface area contributed by atoms with Crippen molar-refractivity contribution in [2.45, 2.75) is 38.0 Å². The minimum Gasteiger partial charge on any atom is -0.455 e. The van der Waals surface area contributed by atoms with E-state index in [-0.39, 0.29) is 0 Å². The normalized spacial score (nSPS) is 14.3. The van der Waals surface area contributed by atoms with Crippen LogP contribution in [0.2, 0.25) is 0 Å². The highest BCUT2D eigenvalue weighted by Crippen LogP contribution is 2.47. The van der Waals surface area contributed by atoms with Crippen molar-refractivity contribution in [2.75, 3.05) is 0 Å². The molecular weight excluding hydrogens is 613 g/mol. The zero-order valence-corrected chi connectivity index (χ0v) is 27.4. The Labute approximate surface area is 288 Å². The summed E-state index contributed by atoms with van der Waals surface area (Å²) in [7, 11) is 0. The molecule has 1 aliphatic rings. The van der Waals surface area contributed by atoms with Gasteiger partial charge in [0.2, 0.25) is 0 Å². The van der Waals surface area contributed by atoms with Gasteiger partial charge in [-0.1, -0.05) is 122 Å². The summed E-state index contributed by atoms with van der Waals surface area (Å²) in [5.41, 5.74) is 10.6. The summed E-state index contributed by atoms with van der Waals surface area (Å²) in [5, 5.41) is 9.12. The minimum absolute atomic E-state index is 0.531. The smallest absolute Gasteiger partial charge is 0.147 e. The fourth-order valence-corrected chi connectivity index (χ4v) is 8.72. The standard InChI is InChI=1S/C46H32N2O2/c1-2-12-27(13-3-1)30-21-11-22-36-38-25-37-33-18-8-9-23-40(33)49-45(37)41(46(38)50-44(30)36)29-15-10-14-28(24-29)39-26-47-42-34-19-6-4-16-31(34)32-17-5-7-20-35(32)43(42)48-39/h4-11,14-27H,1-3,12-13H2. The molecule has 0 saturated heterocycles. The van der Waals surface area contributed by atoms with Crippen LogP contribution in [-0.2, 0) is 0 Å². The molecule has 0 atom stereocenters. The maximum absolute atomic E-state index is 7.03. The number of para-hydroxylation sites is 2. The fourth-order valence-electron chi connectivity index (χ4n) is 8.72. The number of nitrogens with zero attached hydrogens (tertiary/aromatic N) is 2. The molecule has 4 nitrogen and oxygen atoms in total. The second kappa shape index (κ2) is 10.8. The Balaban J connectivity index is 1.17. The molecule has 0 spiro atoms. The number of furan rings is 2. The van der Waals surface area contributed by atoms with Crippen LogP contribution in [0.3, 0.4) is 0 Å². The Morgan fingerprint density at radius 3 is 1.94 bits per heavy atom. The molecule has 0 radical (unpaired) electrons. The minimum atomic E-state index is 0.531. The number of rotatable bonds is 3. The van der Waals surface area contributed by atoms with Gasteiger partial charge in [0.15, 0.2) is 0 Å². The summed E-state index contributed by atoms with van der Waals surface area (Å²) < 4.78 is 13.7. The predicted octanol–water partition coefficient (Wildman–Crippen LogP) is 13.1. The van der Waals surface area contributed by atoms with Crippen molar-refractivity contribution in [2.24, 2.45) is 0 Å². The molecule has 1 aliphatic carbocycles. The maximum Gasteiger partial charge on any atom is 0.147 e. The molecule has 3 aromatic heterocycles. The van der Waals surface area contributed by atoms with Gasteiger partial charge in [-0.05, 0) is 58.9 Å². The second-order valence-corrected chi connectivity index (χ2v) is 13.9. The van der Waals surface area contributed by atoms with Crippen molar-refractivity contribution >= 4 is 76.5 Å². The second-order valence-electron chi connectivity index (χ2n) is 13.9. The fraction of sp³-hybridized carbons (Fsp3) is 0.130. The van der Waals surface area contributed by atoms with Gasteiger partial charge in [0.1, 0.15) is 22.3 Å². The van der Waals surface area contributed by atoms with Crippen LogP contribution in [0.15, 0.2) is 136 Å². The van der Waals surface area contributed by atoms with Gasteiger partial charge in [-0.3, -0.25) is 4.98 Å². The lowest BCUT2D eigenvalue weighted by molar-refractivity contribution is 0.442. The maximum atomic E-state index is 7.03. The highest BCUT2D eigenvalue weighted by atomic mass is 16.3. The van der Waals surface area contributed by atoms with E-state index >= 15 is 0 Å². The van der Waals surface area contributed by atoms with E-state index < -0.39 is 0 Å². The molecule has 0 amide bonds. The van der Waals surface area contributed by atoms with E-state index in [1.807, 2.05) is 12.3 Å². The van der Waals surface area contributed by atoms with E-state index in [1.54, 1.807) is 0 Å². The first-order valence-corrected chi connectivity index (χ1v) is 17.8. The van der Waals surface area contributed by atoms with Crippen molar-refractivity contribution in [1.29, 1.82) is 0 Å². The Morgan fingerprint density at radius 1 is 0.480 bits per heavy atom. The largest absolute Gasteiger partial charge is 0.455 e. The molecule has 238 valence electrons. The van der Waals surface area contributed by atoms with Crippen LogP contribution in [0.1, 0.15) is 43.6 Å². The first kappa shape index (κ1) is 27.9. The zero-order valence-electron chi connectivity index (χ0n) is 27.4. The number of benzene rings is 7. The average Bonchev–Trinajstić information content (AvgIpc) is 3.75. The third-order valence-electron chi connectivity index (χ3n) is 11.1. The van der Waals surface area contributed by atoms with Gasteiger partial charge in [0.25, 0.3) is 0 Å². The van der Waals surface area contributed by atoms with Gasteiger partial charge < -0.3 is 8.83 Å². The Morgan fingerprint density at radius 2 is 1.12 bits per heavy atom. The molecule has 1 saturated carbocycles. The summed E-state index contributed by atoms with van der Waals surface area (Å²) in [6, 6.07) is 42.9. The average molecular weight is 645 g/mol. The van der Waals surface area contributed by atoms with Crippen LogP contribution in [0.25, 0.3) is 98.8 Å². The highest BCUT2D eigenvalue weighted by Gasteiger charge is 2.25. The molecule has 4 heteroatoms. The Bertz CT molecular complexity index is 2940. The van der Waals surface area contributed by atoms with E-state index in [2.05, 4.69) is 115 Å². The summed E-state index contributed by atoms with van der Waals surface area (Å²) in [5.74, 6) is 0.531. The molecule has 10 aromatic rings. The van der Waals surface area contributed by atoms with Gasteiger partial charge in [0.05, 0.1) is 28.5 Å². The molecular formula is C46H32N2O2. The van der Waals surface area contributed by atoms with Crippen molar-refractivity contribution in [1.82, 2.24) is 9.97 Å². The monoisotopic (exact) mass is 644 g/mol. The molecule has 0 unspecified atom stereocenters. The lowest BCUT2D eigenvalue weighted by atomic mass is 9.83. The highest BCUT2D eigenvalue weighted by molar-refractivity contribution is 6.24. The molecule has 11 rings (SSSR count). The molecule has 3 heterocycles. The SMILES string of the molecule is c1cc(-c2cnc3c4ccccc4c4ccccc4c3n2)cc(-c2c3oc4ccccc4c3cc3c2oc2c(C4CCCCC4)cccc23)c1. The summed E-state index contributed by atoms with van der Waals surface area (Å²) >= 11 is 0. The van der Waals surface area contributed by atoms with Crippen molar-refractivity contribution in [3.63, 3.8) is 0 Å². The Hall–Kier alpha value is -6.00. The molecule has 1 fully saturated rings. The van der Waals surface area contributed by atoms with Crippen LogP contribution < -0.4 is 0 Å². The van der Waals surface area contributed by atoms with Gasteiger partial charge in [0, 0.05) is 37.9 Å². The van der Waals surface area contributed by atoms with Gasteiger partial charge in [-0.25, -0.2) is 4.98 Å². The van der Waals surface area contributed by atoms with Crippen molar-refractivity contribution < 1.29 is 8.83 Å². The third kappa shape index (κ3) is 4.05. The predicted molar refractivity (Wildman–Crippen MR) is 206 cm³/mol. The molecule has 7 aromatic carbocycles. The summed E-state index contributed by atoms with van der Waals surface area (Å²) in [6.45, 7) is 0. The lowest BCUT2D eigenvalue weighted by Gasteiger charge is -2.21. The number of hydrogen-bond donors (Lipinski definition) is 0. The third-order valence-corrected chi connectivity index (χ3v) is 11.1. The van der Waals surface area contributed by atoms with Crippen LogP contribution in [0.5, 0.6) is 0 Å². The Kier molecular flexibility index (Phi) is 6.00. The zero-order chi connectivity index (χ0) is 32.8. The molecule has 0 aliphatic heterocycles. The van der Waals surface area contributed by atoms with E-state index in [4.69, 9.17) is 18.8 Å². The van der Waals surface area contributed by atoms with Crippen molar-refractivity contribution in [3.05, 3.63) is 133 Å². The van der Waals surface area contributed by atoms with Crippen molar-refractivity contribution in [3.8, 4) is 22.4 Å². The number of aromatic nitrogens is 2. The van der Waals surface area contributed by atoms with Crippen LogP contribution in [0, 0.1) is 0 Å². The van der Waals surface area contributed by atoms with E-state index in [9.17, 15) is 0 Å². The van der Waals surface area contributed by atoms with Gasteiger partial charge in [-0.15, -0.1) is 0 Å². The van der Waals surface area contributed by atoms with Crippen LogP contribution in [0.4, 0.5) is 0 Å². The van der Waals surface area contributed by atoms with E-state index in [1.165, 1.54) is 53.8 Å².